The molecule has 0 bridgehead atoms. The van der Waals surface area contributed by atoms with Gasteiger partial charge in [-0.05, 0) is 24.3 Å². The van der Waals surface area contributed by atoms with E-state index in [-0.39, 0.29) is 24.1 Å². The van der Waals surface area contributed by atoms with E-state index in [2.05, 4.69) is 5.32 Å². The summed E-state index contributed by atoms with van der Waals surface area (Å²) in [5.74, 6) is -1.63. The van der Waals surface area contributed by atoms with E-state index in [9.17, 15) is 14.0 Å². The lowest BCUT2D eigenvalue weighted by molar-refractivity contribution is -0.140. The highest BCUT2D eigenvalue weighted by Gasteiger charge is 2.47. The van der Waals surface area contributed by atoms with Crippen LogP contribution >= 0.6 is 0 Å². The zero-order valence-electron chi connectivity index (χ0n) is 11.2. The molecule has 2 amide bonds. The Morgan fingerprint density at radius 3 is 2.47 bits per heavy atom. The minimum absolute atomic E-state index is 0.263. The fourth-order valence-electron chi connectivity index (χ4n) is 3.04. The summed E-state index contributed by atoms with van der Waals surface area (Å²) >= 11 is 0. The number of benzene rings is 1. The van der Waals surface area contributed by atoms with Gasteiger partial charge in [-0.25, -0.2) is 4.39 Å². The van der Waals surface area contributed by atoms with Gasteiger partial charge in [-0.3, -0.25) is 14.9 Å². The number of nitrogens with one attached hydrogen (secondary N) is 1. The van der Waals surface area contributed by atoms with Crippen LogP contribution in [-0.2, 0) is 9.59 Å². The van der Waals surface area contributed by atoms with Crippen LogP contribution in [0.3, 0.4) is 0 Å². The molecule has 0 spiro atoms. The number of imide groups is 1. The fraction of sp³-hybridized carbons (Fsp3) is 0.467. The number of carbonyl (C=O) groups is 2. The summed E-state index contributed by atoms with van der Waals surface area (Å²) in [4.78, 5) is 23.8. The van der Waals surface area contributed by atoms with Crippen LogP contribution in [0.2, 0.25) is 0 Å². The van der Waals surface area contributed by atoms with Crippen molar-refractivity contribution in [3.8, 4) is 0 Å². The summed E-state index contributed by atoms with van der Waals surface area (Å²) in [5, 5.41) is 2.33. The van der Waals surface area contributed by atoms with Crippen LogP contribution in [0, 0.1) is 11.2 Å². The standard InChI is InChI=1S/C15H18FNO2/c1-3-15(4-2)9-12(18)17-14(19)13(15)10-7-5-6-8-11(10)16/h5-8,13H,3-4,9H2,1-2H3,(H,17,18,19). The SMILES string of the molecule is CCC1(CC)CC(=O)NC(=O)C1c1ccccc1F. The van der Waals surface area contributed by atoms with Crippen LogP contribution in [0.1, 0.15) is 44.6 Å². The highest BCUT2D eigenvalue weighted by molar-refractivity contribution is 6.02. The van der Waals surface area contributed by atoms with Crippen molar-refractivity contribution in [3.63, 3.8) is 0 Å². The molecule has 1 aromatic carbocycles. The zero-order chi connectivity index (χ0) is 14.0. The summed E-state index contributed by atoms with van der Waals surface area (Å²) in [7, 11) is 0. The van der Waals surface area contributed by atoms with Gasteiger partial charge in [-0.1, -0.05) is 32.0 Å². The molecule has 1 saturated heterocycles. The number of piperidine rings is 1. The van der Waals surface area contributed by atoms with E-state index in [1.807, 2.05) is 13.8 Å². The van der Waals surface area contributed by atoms with Gasteiger partial charge >= 0.3 is 0 Å². The average Bonchev–Trinajstić information content (AvgIpc) is 2.39. The maximum atomic E-state index is 14.0. The number of amides is 2. The van der Waals surface area contributed by atoms with Gasteiger partial charge in [0.15, 0.2) is 0 Å². The first-order chi connectivity index (χ1) is 9.04. The minimum Gasteiger partial charge on any atom is -0.296 e. The lowest BCUT2D eigenvalue weighted by Gasteiger charge is -2.41. The van der Waals surface area contributed by atoms with Gasteiger partial charge in [-0.15, -0.1) is 0 Å². The number of carbonyl (C=O) groups excluding carboxylic acids is 2. The smallest absolute Gasteiger partial charge is 0.234 e. The van der Waals surface area contributed by atoms with Crippen molar-refractivity contribution in [2.75, 3.05) is 0 Å². The number of rotatable bonds is 3. The van der Waals surface area contributed by atoms with E-state index in [0.717, 1.165) is 0 Å². The number of halogens is 1. The Morgan fingerprint density at radius 1 is 1.26 bits per heavy atom. The van der Waals surface area contributed by atoms with Crippen LogP contribution in [0.5, 0.6) is 0 Å². The van der Waals surface area contributed by atoms with Gasteiger partial charge < -0.3 is 0 Å². The molecule has 1 N–H and O–H groups in total. The molecule has 4 heteroatoms. The summed E-state index contributed by atoms with van der Waals surface area (Å²) < 4.78 is 14.0. The van der Waals surface area contributed by atoms with E-state index >= 15 is 0 Å². The third-order valence-corrected chi connectivity index (χ3v) is 4.27. The van der Waals surface area contributed by atoms with Crippen molar-refractivity contribution in [1.82, 2.24) is 5.32 Å². The molecule has 0 saturated carbocycles. The lowest BCUT2D eigenvalue weighted by atomic mass is 9.64. The Labute approximate surface area is 112 Å². The topological polar surface area (TPSA) is 46.2 Å². The normalized spacial score (nSPS) is 22.2. The summed E-state index contributed by atoms with van der Waals surface area (Å²) in [6.07, 6.45) is 1.61. The molecular formula is C15H18FNO2. The second-order valence-electron chi connectivity index (χ2n) is 5.11. The van der Waals surface area contributed by atoms with Crippen molar-refractivity contribution in [1.29, 1.82) is 0 Å². The molecule has 0 radical (unpaired) electrons. The van der Waals surface area contributed by atoms with Gasteiger partial charge in [0.1, 0.15) is 5.82 Å². The monoisotopic (exact) mass is 263 g/mol. The summed E-state index contributed by atoms with van der Waals surface area (Å²) in [6, 6.07) is 6.31. The van der Waals surface area contributed by atoms with E-state index in [0.29, 0.717) is 18.4 Å². The van der Waals surface area contributed by atoms with Crippen molar-refractivity contribution in [2.45, 2.75) is 39.0 Å². The molecule has 1 fully saturated rings. The third-order valence-electron chi connectivity index (χ3n) is 4.27. The molecule has 1 atom stereocenters. The number of hydrogen-bond donors (Lipinski definition) is 1. The van der Waals surface area contributed by atoms with Crippen LogP contribution in [0.4, 0.5) is 4.39 Å². The van der Waals surface area contributed by atoms with Crippen molar-refractivity contribution in [2.24, 2.45) is 5.41 Å². The predicted molar refractivity (Wildman–Crippen MR) is 69.9 cm³/mol. The van der Waals surface area contributed by atoms with Crippen molar-refractivity contribution >= 4 is 11.8 Å². The summed E-state index contributed by atoms with van der Waals surface area (Å²) in [5.41, 5.74) is -0.0991. The molecular weight excluding hydrogens is 245 g/mol. The first kappa shape index (κ1) is 13.7. The summed E-state index contributed by atoms with van der Waals surface area (Å²) in [6.45, 7) is 3.90. The first-order valence-corrected chi connectivity index (χ1v) is 6.62. The van der Waals surface area contributed by atoms with Crippen LogP contribution in [0.15, 0.2) is 24.3 Å². The molecule has 2 rings (SSSR count). The molecule has 1 aromatic rings. The molecule has 19 heavy (non-hydrogen) atoms. The first-order valence-electron chi connectivity index (χ1n) is 6.62. The highest BCUT2D eigenvalue weighted by Crippen LogP contribution is 2.47. The minimum atomic E-state index is -0.596. The van der Waals surface area contributed by atoms with Crippen LogP contribution in [-0.4, -0.2) is 11.8 Å². The van der Waals surface area contributed by atoms with Gasteiger partial charge in [-0.2, -0.15) is 0 Å². The maximum Gasteiger partial charge on any atom is 0.234 e. The lowest BCUT2D eigenvalue weighted by Crippen LogP contribution is -2.50. The Hall–Kier alpha value is -1.71. The van der Waals surface area contributed by atoms with Gasteiger partial charge in [0.05, 0.1) is 5.92 Å². The van der Waals surface area contributed by atoms with Gasteiger partial charge in [0.2, 0.25) is 11.8 Å². The third kappa shape index (κ3) is 2.27. The molecule has 0 aliphatic carbocycles. The van der Waals surface area contributed by atoms with E-state index in [1.165, 1.54) is 6.07 Å². The Kier molecular flexibility index (Phi) is 3.69. The molecule has 1 aliphatic heterocycles. The molecule has 0 aromatic heterocycles. The zero-order valence-corrected chi connectivity index (χ0v) is 11.2. The second-order valence-corrected chi connectivity index (χ2v) is 5.11. The van der Waals surface area contributed by atoms with Crippen molar-refractivity contribution < 1.29 is 14.0 Å². The van der Waals surface area contributed by atoms with Gasteiger partial charge in [0.25, 0.3) is 0 Å². The molecule has 1 heterocycles. The maximum absolute atomic E-state index is 14.0. The second kappa shape index (κ2) is 5.11. The fourth-order valence-corrected chi connectivity index (χ4v) is 3.04. The quantitative estimate of drug-likeness (QED) is 0.852. The van der Waals surface area contributed by atoms with Gasteiger partial charge in [0, 0.05) is 12.0 Å². The van der Waals surface area contributed by atoms with Crippen LogP contribution in [0.25, 0.3) is 0 Å². The molecule has 3 nitrogen and oxygen atoms in total. The Balaban J connectivity index is 2.53. The molecule has 1 aliphatic rings. The van der Waals surface area contributed by atoms with Crippen molar-refractivity contribution in [3.05, 3.63) is 35.6 Å². The Bertz CT molecular complexity index is 509. The molecule has 1 unspecified atom stereocenters. The Morgan fingerprint density at radius 2 is 1.89 bits per heavy atom. The van der Waals surface area contributed by atoms with E-state index < -0.39 is 11.3 Å². The largest absolute Gasteiger partial charge is 0.296 e. The molecule has 102 valence electrons. The highest BCUT2D eigenvalue weighted by atomic mass is 19.1. The average molecular weight is 263 g/mol. The van der Waals surface area contributed by atoms with E-state index in [1.54, 1.807) is 18.2 Å². The predicted octanol–water partition coefficient (Wildman–Crippen LogP) is 2.76. The van der Waals surface area contributed by atoms with Crippen LogP contribution < -0.4 is 5.32 Å². The van der Waals surface area contributed by atoms with E-state index in [4.69, 9.17) is 0 Å². The number of hydrogen-bond acceptors (Lipinski definition) is 2.